The summed E-state index contributed by atoms with van der Waals surface area (Å²) in [5, 5.41) is 0. The van der Waals surface area contributed by atoms with Crippen LogP contribution in [0, 0.1) is 0 Å². The molecule has 1 unspecified atom stereocenters. The second kappa shape index (κ2) is 11.2. The van der Waals surface area contributed by atoms with Crippen LogP contribution in [-0.4, -0.2) is 49.7 Å². The molecule has 1 aliphatic carbocycles. The van der Waals surface area contributed by atoms with Crippen molar-refractivity contribution in [3.05, 3.63) is 71.8 Å². The lowest BCUT2D eigenvalue weighted by Crippen LogP contribution is -2.46. The van der Waals surface area contributed by atoms with Gasteiger partial charge in [0, 0.05) is 6.54 Å². The largest absolute Gasteiger partial charge is 0.462 e. The number of carbonyl (C=O) groups excluding carboxylic acids is 3. The minimum absolute atomic E-state index is 0.0834. The Bertz CT molecular complexity index is 1250. The normalized spacial score (nSPS) is 18.4. The number of carbonyl (C=O) groups is 3. The van der Waals surface area contributed by atoms with Crippen molar-refractivity contribution in [2.24, 2.45) is 0 Å². The van der Waals surface area contributed by atoms with E-state index in [9.17, 15) is 22.8 Å². The molecule has 0 N–H and O–H groups in total. The number of hydrogen-bond donors (Lipinski definition) is 0. The number of allylic oxidation sites excluding steroid dienone is 1. The van der Waals surface area contributed by atoms with E-state index in [1.165, 1.54) is 46.3 Å². The molecule has 1 atom stereocenters. The highest BCUT2D eigenvalue weighted by molar-refractivity contribution is 7.89. The Hall–Kier alpha value is -3.30. The van der Waals surface area contributed by atoms with Gasteiger partial charge in [-0.25, -0.2) is 18.1 Å². The number of esters is 1. The van der Waals surface area contributed by atoms with Crippen LogP contribution in [0.1, 0.15) is 55.8 Å². The van der Waals surface area contributed by atoms with Crippen LogP contribution >= 0.6 is 0 Å². The molecule has 0 saturated carbocycles. The van der Waals surface area contributed by atoms with E-state index in [0.717, 1.165) is 30.6 Å². The van der Waals surface area contributed by atoms with E-state index in [4.69, 9.17) is 4.74 Å². The zero-order chi connectivity index (χ0) is 25.7. The molecule has 1 heterocycles. The van der Waals surface area contributed by atoms with Gasteiger partial charge in [0.15, 0.2) is 0 Å². The van der Waals surface area contributed by atoms with Gasteiger partial charge in [-0.15, -0.1) is 0 Å². The Labute approximate surface area is 211 Å². The molecule has 9 heteroatoms. The van der Waals surface area contributed by atoms with Crippen molar-refractivity contribution < 1.29 is 27.5 Å². The van der Waals surface area contributed by atoms with Gasteiger partial charge >= 0.3 is 5.97 Å². The van der Waals surface area contributed by atoms with Crippen LogP contribution in [0.3, 0.4) is 0 Å². The highest BCUT2D eigenvalue weighted by atomic mass is 32.2. The second-order valence-electron chi connectivity index (χ2n) is 8.84. The van der Waals surface area contributed by atoms with Gasteiger partial charge in [0.05, 0.1) is 29.2 Å². The summed E-state index contributed by atoms with van der Waals surface area (Å²) in [6.07, 6.45) is 6.48. The molecule has 190 valence electrons. The first-order valence-corrected chi connectivity index (χ1v) is 13.7. The molecule has 0 radical (unpaired) electrons. The van der Waals surface area contributed by atoms with Crippen molar-refractivity contribution in [3.63, 3.8) is 0 Å². The van der Waals surface area contributed by atoms with Crippen LogP contribution in [0.15, 0.2) is 71.1 Å². The first-order chi connectivity index (χ1) is 17.3. The molecule has 36 heavy (non-hydrogen) atoms. The molecule has 0 spiro atoms. The Kier molecular flexibility index (Phi) is 8.01. The maximum Gasteiger partial charge on any atom is 0.338 e. The molecule has 2 aromatic carbocycles. The predicted molar refractivity (Wildman–Crippen MR) is 135 cm³/mol. The van der Waals surface area contributed by atoms with Gasteiger partial charge in [0.25, 0.3) is 5.91 Å². The Morgan fingerprint density at radius 2 is 1.78 bits per heavy atom. The van der Waals surface area contributed by atoms with Gasteiger partial charge in [-0.3, -0.25) is 9.59 Å². The summed E-state index contributed by atoms with van der Waals surface area (Å²) in [4.78, 5) is 39.5. The summed E-state index contributed by atoms with van der Waals surface area (Å²) >= 11 is 0. The lowest BCUT2D eigenvalue weighted by atomic mass is 9.97. The summed E-state index contributed by atoms with van der Waals surface area (Å²) in [7, 11) is -4.03. The summed E-state index contributed by atoms with van der Waals surface area (Å²) in [5.41, 5.74) is 1.76. The van der Waals surface area contributed by atoms with Crippen molar-refractivity contribution in [1.29, 1.82) is 0 Å². The highest BCUT2D eigenvalue weighted by Crippen LogP contribution is 2.31. The van der Waals surface area contributed by atoms with Crippen molar-refractivity contribution in [2.45, 2.75) is 56.4 Å². The second-order valence-corrected chi connectivity index (χ2v) is 10.7. The third-order valence-electron chi connectivity index (χ3n) is 6.50. The number of rotatable bonds is 9. The van der Waals surface area contributed by atoms with Crippen LogP contribution in [0.2, 0.25) is 0 Å². The van der Waals surface area contributed by atoms with Crippen molar-refractivity contribution in [1.82, 2.24) is 4.31 Å². The van der Waals surface area contributed by atoms with Gasteiger partial charge in [-0.2, -0.15) is 4.31 Å². The minimum atomic E-state index is -4.03. The third-order valence-corrected chi connectivity index (χ3v) is 8.42. The van der Waals surface area contributed by atoms with Crippen LogP contribution in [0.25, 0.3) is 0 Å². The van der Waals surface area contributed by atoms with E-state index in [0.29, 0.717) is 12.0 Å². The molecule has 2 aromatic rings. The molecular weight excluding hydrogens is 480 g/mol. The summed E-state index contributed by atoms with van der Waals surface area (Å²) in [6, 6.07) is 12.8. The van der Waals surface area contributed by atoms with E-state index < -0.39 is 33.8 Å². The highest BCUT2D eigenvalue weighted by Gasteiger charge is 2.46. The van der Waals surface area contributed by atoms with E-state index in [-0.39, 0.29) is 30.2 Å². The average Bonchev–Trinajstić information content (AvgIpc) is 3.18. The zero-order valence-corrected chi connectivity index (χ0v) is 21.1. The van der Waals surface area contributed by atoms with Gasteiger partial charge in [0.1, 0.15) is 6.04 Å². The first-order valence-electron chi connectivity index (χ1n) is 12.2. The fourth-order valence-electron chi connectivity index (χ4n) is 4.63. The average molecular weight is 511 g/mol. The smallest absolute Gasteiger partial charge is 0.338 e. The monoisotopic (exact) mass is 510 g/mol. The number of sulfonamides is 1. The Morgan fingerprint density at radius 1 is 1.06 bits per heavy atom. The number of ether oxygens (including phenoxy) is 1. The van der Waals surface area contributed by atoms with E-state index >= 15 is 0 Å². The molecule has 1 saturated heterocycles. The zero-order valence-electron chi connectivity index (χ0n) is 20.3. The lowest BCUT2D eigenvalue weighted by Gasteiger charge is -2.27. The summed E-state index contributed by atoms with van der Waals surface area (Å²) in [6.45, 7) is 2.05. The van der Waals surface area contributed by atoms with Crippen LogP contribution in [0.5, 0.6) is 0 Å². The molecule has 2 amide bonds. The molecular formula is C27H30N2O6S. The molecule has 1 fully saturated rings. The maximum atomic E-state index is 13.6. The fraction of sp³-hybridized carbons (Fsp3) is 0.370. The number of anilines is 1. The predicted octanol–water partition coefficient (Wildman–Crippen LogP) is 4.08. The number of nitrogens with zero attached hydrogens (tertiary/aromatic N) is 2. The van der Waals surface area contributed by atoms with Crippen LogP contribution < -0.4 is 4.90 Å². The summed E-state index contributed by atoms with van der Waals surface area (Å²) < 4.78 is 33.4. The van der Waals surface area contributed by atoms with Crippen molar-refractivity contribution in [3.8, 4) is 0 Å². The van der Waals surface area contributed by atoms with Crippen molar-refractivity contribution in [2.75, 3.05) is 18.1 Å². The molecule has 8 nitrogen and oxygen atoms in total. The molecule has 0 bridgehead atoms. The number of benzene rings is 2. The number of imide groups is 1. The maximum absolute atomic E-state index is 13.6. The quantitative estimate of drug-likeness (QED) is 0.286. The van der Waals surface area contributed by atoms with Gasteiger partial charge in [0.2, 0.25) is 15.9 Å². The van der Waals surface area contributed by atoms with Crippen molar-refractivity contribution >= 4 is 33.5 Å². The molecule has 0 aromatic heterocycles. The number of amides is 2. The topological polar surface area (TPSA) is 101 Å². The van der Waals surface area contributed by atoms with Gasteiger partial charge in [-0.05, 0) is 75.4 Å². The standard InChI is InChI=1S/C27H30N2O6S/c1-2-35-27(32)21-13-15-22(16-14-21)29-25(30)19-24(26(29)31)28(18-17-20-9-5-3-6-10-20)36(33,34)23-11-7-4-8-12-23/h4,7-9,11-16,24H,2-3,5-6,10,17-19H2,1H3. The minimum Gasteiger partial charge on any atom is -0.462 e. The Balaban J connectivity index is 1.62. The van der Waals surface area contributed by atoms with Crippen LogP contribution in [-0.2, 0) is 24.3 Å². The van der Waals surface area contributed by atoms with Gasteiger partial charge in [-0.1, -0.05) is 29.8 Å². The third kappa shape index (κ3) is 5.42. The van der Waals surface area contributed by atoms with E-state index in [1.54, 1.807) is 25.1 Å². The SMILES string of the molecule is CCOC(=O)c1ccc(N2C(=O)CC(N(CCC3=CCCCC3)S(=O)(=O)c3ccccc3)C2=O)cc1. The molecule has 2 aliphatic rings. The summed E-state index contributed by atoms with van der Waals surface area (Å²) in [5.74, 6) is -1.59. The molecule has 4 rings (SSSR count). The van der Waals surface area contributed by atoms with E-state index in [1.807, 2.05) is 0 Å². The molecule has 1 aliphatic heterocycles. The fourth-order valence-corrected chi connectivity index (χ4v) is 6.23. The Morgan fingerprint density at radius 3 is 2.42 bits per heavy atom. The van der Waals surface area contributed by atoms with Gasteiger partial charge < -0.3 is 4.74 Å². The van der Waals surface area contributed by atoms with E-state index in [2.05, 4.69) is 6.08 Å². The first kappa shape index (κ1) is 25.8. The number of hydrogen-bond acceptors (Lipinski definition) is 6. The van der Waals surface area contributed by atoms with Crippen LogP contribution in [0.4, 0.5) is 5.69 Å². The lowest BCUT2D eigenvalue weighted by molar-refractivity contribution is -0.122.